The van der Waals surface area contributed by atoms with Crippen LogP contribution in [0.15, 0.2) is 36.0 Å². The first kappa shape index (κ1) is 15.2. The third-order valence-corrected chi connectivity index (χ3v) is 3.63. The quantitative estimate of drug-likeness (QED) is 0.880. The highest BCUT2D eigenvalue weighted by Crippen LogP contribution is 2.16. The Bertz CT molecular complexity index is 656. The fourth-order valence-corrected chi connectivity index (χ4v) is 2.53. The molecule has 0 aliphatic heterocycles. The third-order valence-electron chi connectivity index (χ3n) is 2.78. The molecule has 21 heavy (non-hydrogen) atoms. The zero-order valence-electron chi connectivity index (χ0n) is 11.7. The van der Waals surface area contributed by atoms with Crippen molar-refractivity contribution >= 4 is 17.2 Å². The van der Waals surface area contributed by atoms with Crippen molar-refractivity contribution in [2.45, 2.75) is 13.0 Å². The first-order valence-corrected chi connectivity index (χ1v) is 7.41. The number of nitrogens with zero attached hydrogens (tertiary/aromatic N) is 2. The van der Waals surface area contributed by atoms with Crippen LogP contribution in [0.4, 0.5) is 0 Å². The van der Waals surface area contributed by atoms with Crippen molar-refractivity contribution in [2.75, 3.05) is 13.7 Å². The molecule has 0 aromatic carbocycles. The summed E-state index contributed by atoms with van der Waals surface area (Å²) in [6.07, 6.45) is 3.91. The number of hydrogen-bond donors (Lipinski definition) is 1. The summed E-state index contributed by atoms with van der Waals surface area (Å²) in [4.78, 5) is 18.8. The smallest absolute Gasteiger partial charge is 0.254 e. The van der Waals surface area contributed by atoms with E-state index in [-0.39, 0.29) is 12.5 Å². The minimum absolute atomic E-state index is 0.0367. The molecule has 2 aromatic heterocycles. The Morgan fingerprint density at radius 2 is 2.38 bits per heavy atom. The molecule has 0 fully saturated rings. The average Bonchev–Trinajstić information content (AvgIpc) is 2.96. The maximum absolute atomic E-state index is 12.3. The molecule has 2 heterocycles. The van der Waals surface area contributed by atoms with Crippen LogP contribution in [0.2, 0.25) is 0 Å². The number of pyridine rings is 1. The van der Waals surface area contributed by atoms with E-state index in [0.717, 1.165) is 10.4 Å². The van der Waals surface area contributed by atoms with Gasteiger partial charge >= 0.3 is 0 Å². The lowest BCUT2D eigenvalue weighted by Gasteiger charge is -2.16. The lowest BCUT2D eigenvalue weighted by molar-refractivity contribution is 0.0785. The highest BCUT2D eigenvalue weighted by molar-refractivity contribution is 7.10. The van der Waals surface area contributed by atoms with Crippen molar-refractivity contribution in [1.29, 1.82) is 0 Å². The van der Waals surface area contributed by atoms with Crippen LogP contribution >= 0.6 is 11.3 Å². The highest BCUT2D eigenvalue weighted by Gasteiger charge is 2.13. The molecule has 2 rings (SSSR count). The van der Waals surface area contributed by atoms with Crippen molar-refractivity contribution in [3.05, 3.63) is 52.0 Å². The van der Waals surface area contributed by atoms with Crippen LogP contribution in [0.5, 0.6) is 0 Å². The lowest BCUT2D eigenvalue weighted by Crippen LogP contribution is -2.25. The number of rotatable bonds is 4. The molecule has 0 radical (unpaired) electrons. The van der Waals surface area contributed by atoms with Crippen LogP contribution in [-0.4, -0.2) is 34.6 Å². The van der Waals surface area contributed by atoms with Gasteiger partial charge in [-0.05, 0) is 17.7 Å². The number of hydrogen-bond acceptors (Lipinski definition) is 4. The molecule has 0 unspecified atom stereocenters. The molecule has 1 N–H and O–H groups in total. The number of carbonyl (C=O) groups excluding carboxylic acids is 1. The van der Waals surface area contributed by atoms with Crippen LogP contribution < -0.4 is 0 Å². The van der Waals surface area contributed by atoms with Crippen molar-refractivity contribution in [3.63, 3.8) is 0 Å². The van der Waals surface area contributed by atoms with Gasteiger partial charge in [0.1, 0.15) is 0 Å². The van der Waals surface area contributed by atoms with Crippen LogP contribution in [0, 0.1) is 11.8 Å². The van der Waals surface area contributed by atoms with Crippen LogP contribution in [-0.2, 0) is 6.54 Å². The number of thiophene rings is 1. The van der Waals surface area contributed by atoms with Crippen molar-refractivity contribution in [1.82, 2.24) is 9.88 Å². The maximum atomic E-state index is 12.3. The fourth-order valence-electron chi connectivity index (χ4n) is 1.78. The summed E-state index contributed by atoms with van der Waals surface area (Å²) in [7, 11) is 1.77. The molecule has 0 aliphatic carbocycles. The first-order chi connectivity index (χ1) is 10.2. The van der Waals surface area contributed by atoms with E-state index in [1.165, 1.54) is 11.3 Å². The second-order valence-electron chi connectivity index (χ2n) is 4.50. The number of aliphatic hydroxyl groups is 1. The van der Waals surface area contributed by atoms with Crippen LogP contribution in [0.1, 0.15) is 27.2 Å². The van der Waals surface area contributed by atoms with Gasteiger partial charge in [0.05, 0.1) is 17.0 Å². The molecule has 2 aromatic rings. The van der Waals surface area contributed by atoms with E-state index in [0.29, 0.717) is 18.5 Å². The van der Waals surface area contributed by atoms with E-state index in [1.54, 1.807) is 30.4 Å². The molecule has 0 aliphatic rings. The molecule has 0 saturated carbocycles. The Balaban J connectivity index is 2.01. The number of aliphatic hydroxyl groups excluding tert-OH is 1. The number of aromatic nitrogens is 1. The Morgan fingerprint density at radius 3 is 3.10 bits per heavy atom. The second kappa shape index (κ2) is 7.58. The molecule has 0 saturated heterocycles. The van der Waals surface area contributed by atoms with Crippen molar-refractivity contribution in [3.8, 4) is 11.8 Å². The predicted molar refractivity (Wildman–Crippen MR) is 82.9 cm³/mol. The van der Waals surface area contributed by atoms with E-state index >= 15 is 0 Å². The Kier molecular flexibility index (Phi) is 5.50. The molecule has 5 heteroatoms. The van der Waals surface area contributed by atoms with E-state index in [9.17, 15) is 4.79 Å². The minimum Gasteiger partial charge on any atom is -0.395 e. The van der Waals surface area contributed by atoms with Crippen molar-refractivity contribution < 1.29 is 9.90 Å². The molecular formula is C16H16N2O2S. The molecule has 4 nitrogen and oxygen atoms in total. The summed E-state index contributed by atoms with van der Waals surface area (Å²) in [5.41, 5.74) is 1.63. The summed E-state index contributed by atoms with van der Waals surface area (Å²) in [5.74, 6) is 5.75. The van der Waals surface area contributed by atoms with Gasteiger partial charge in [-0.25, -0.2) is 0 Å². The van der Waals surface area contributed by atoms with E-state index in [1.807, 2.05) is 17.5 Å². The zero-order valence-corrected chi connectivity index (χ0v) is 12.6. The van der Waals surface area contributed by atoms with Gasteiger partial charge in [-0.1, -0.05) is 17.9 Å². The van der Waals surface area contributed by atoms with Gasteiger partial charge in [0, 0.05) is 37.8 Å². The van der Waals surface area contributed by atoms with Gasteiger partial charge in [-0.15, -0.1) is 11.3 Å². The topological polar surface area (TPSA) is 53.4 Å². The van der Waals surface area contributed by atoms with Crippen LogP contribution in [0.3, 0.4) is 0 Å². The SMILES string of the molecule is CN(Cc1cccnc1)C(=O)c1csc(C#CCCO)c1. The van der Waals surface area contributed by atoms with Gasteiger partial charge < -0.3 is 10.0 Å². The summed E-state index contributed by atoms with van der Waals surface area (Å²) in [6.45, 7) is 0.575. The molecule has 0 atom stereocenters. The van der Waals surface area contributed by atoms with Gasteiger partial charge in [0.15, 0.2) is 0 Å². The van der Waals surface area contributed by atoms with E-state index in [2.05, 4.69) is 16.8 Å². The minimum atomic E-state index is -0.0367. The summed E-state index contributed by atoms with van der Waals surface area (Å²) in [5, 5.41) is 10.5. The Morgan fingerprint density at radius 1 is 1.52 bits per heavy atom. The average molecular weight is 300 g/mol. The maximum Gasteiger partial charge on any atom is 0.254 e. The molecule has 0 spiro atoms. The largest absolute Gasteiger partial charge is 0.395 e. The summed E-state index contributed by atoms with van der Waals surface area (Å²) >= 11 is 1.44. The summed E-state index contributed by atoms with van der Waals surface area (Å²) in [6, 6.07) is 5.58. The Hall–Kier alpha value is -2.16. The number of carbonyl (C=O) groups is 1. The normalized spacial score (nSPS) is 9.81. The first-order valence-electron chi connectivity index (χ1n) is 6.53. The van der Waals surface area contributed by atoms with Gasteiger partial charge in [-0.2, -0.15) is 0 Å². The molecule has 108 valence electrons. The standard InChI is InChI=1S/C16H16N2O2S/c1-18(11-13-5-4-7-17-10-13)16(20)14-9-15(21-12-14)6-2-3-8-19/h4-5,7,9-10,12,19H,3,8,11H2,1H3. The monoisotopic (exact) mass is 300 g/mol. The predicted octanol–water partition coefficient (Wildman–Crippen LogP) is 2.15. The Labute approximate surface area is 128 Å². The zero-order chi connectivity index (χ0) is 15.1. The van der Waals surface area contributed by atoms with E-state index < -0.39 is 0 Å². The molecule has 0 bridgehead atoms. The van der Waals surface area contributed by atoms with Crippen LogP contribution in [0.25, 0.3) is 0 Å². The van der Waals surface area contributed by atoms with Gasteiger partial charge in [0.25, 0.3) is 5.91 Å². The fraction of sp³-hybridized carbons (Fsp3) is 0.250. The molecular weight excluding hydrogens is 284 g/mol. The van der Waals surface area contributed by atoms with E-state index in [4.69, 9.17) is 5.11 Å². The highest BCUT2D eigenvalue weighted by atomic mass is 32.1. The second-order valence-corrected chi connectivity index (χ2v) is 5.41. The van der Waals surface area contributed by atoms with Gasteiger partial charge in [-0.3, -0.25) is 9.78 Å². The number of amides is 1. The van der Waals surface area contributed by atoms with Gasteiger partial charge in [0.2, 0.25) is 0 Å². The molecule has 1 amide bonds. The summed E-state index contributed by atoms with van der Waals surface area (Å²) < 4.78 is 0. The lowest BCUT2D eigenvalue weighted by atomic mass is 10.2. The third kappa shape index (κ3) is 4.42. The van der Waals surface area contributed by atoms with Crippen molar-refractivity contribution in [2.24, 2.45) is 0 Å².